The second kappa shape index (κ2) is 7.65. The number of nitrogens with zero attached hydrogens (tertiary/aromatic N) is 1. The second-order valence-electron chi connectivity index (χ2n) is 5.76. The Kier molecular flexibility index (Phi) is 5.79. The molecule has 0 aromatic heterocycles. The van der Waals surface area contributed by atoms with E-state index in [4.69, 9.17) is 0 Å². The van der Waals surface area contributed by atoms with Crippen molar-refractivity contribution in [3.05, 3.63) is 59.9 Å². The largest absolute Gasteiger partial charge is 0.324 e. The lowest BCUT2D eigenvalue weighted by Gasteiger charge is -2.30. The molecule has 0 saturated heterocycles. The SMILES string of the molecule is CC[C@@H](C(=O)Nc1ccccc1C)N(c1ccc(F)cc1)S(C)(=O)=O. The normalized spacial score (nSPS) is 12.5. The molecular weight excluding hydrogens is 343 g/mol. The van der Waals surface area contributed by atoms with E-state index in [2.05, 4.69) is 5.32 Å². The Morgan fingerprint density at radius 3 is 2.28 bits per heavy atom. The van der Waals surface area contributed by atoms with Crippen LogP contribution >= 0.6 is 0 Å². The fourth-order valence-corrected chi connectivity index (χ4v) is 3.79. The molecule has 1 N–H and O–H groups in total. The molecule has 0 saturated carbocycles. The van der Waals surface area contributed by atoms with Crippen LogP contribution in [-0.4, -0.2) is 26.6 Å². The predicted molar refractivity (Wildman–Crippen MR) is 97.6 cm³/mol. The van der Waals surface area contributed by atoms with Crippen LogP contribution < -0.4 is 9.62 Å². The first-order valence-corrected chi connectivity index (χ1v) is 9.70. The first-order valence-electron chi connectivity index (χ1n) is 7.85. The van der Waals surface area contributed by atoms with Gasteiger partial charge >= 0.3 is 0 Å². The van der Waals surface area contributed by atoms with E-state index >= 15 is 0 Å². The van der Waals surface area contributed by atoms with Crippen molar-refractivity contribution in [1.29, 1.82) is 0 Å². The van der Waals surface area contributed by atoms with Crippen LogP contribution in [0.25, 0.3) is 0 Å². The van der Waals surface area contributed by atoms with Gasteiger partial charge in [0.1, 0.15) is 11.9 Å². The van der Waals surface area contributed by atoms with Gasteiger partial charge in [0.15, 0.2) is 0 Å². The van der Waals surface area contributed by atoms with E-state index in [9.17, 15) is 17.6 Å². The molecule has 0 aliphatic heterocycles. The van der Waals surface area contributed by atoms with Crippen LogP contribution in [0.15, 0.2) is 48.5 Å². The third-order valence-electron chi connectivity index (χ3n) is 3.81. The highest BCUT2D eigenvalue weighted by Gasteiger charge is 2.31. The molecular formula is C18H21FN2O3S. The summed E-state index contributed by atoms with van der Waals surface area (Å²) in [6.07, 6.45) is 1.29. The lowest BCUT2D eigenvalue weighted by molar-refractivity contribution is -0.117. The minimum absolute atomic E-state index is 0.246. The molecule has 0 spiro atoms. The van der Waals surface area contributed by atoms with Crippen molar-refractivity contribution in [3.63, 3.8) is 0 Å². The van der Waals surface area contributed by atoms with Gasteiger partial charge in [-0.05, 0) is 49.2 Å². The highest BCUT2D eigenvalue weighted by atomic mass is 32.2. The molecule has 0 unspecified atom stereocenters. The maximum atomic E-state index is 13.2. The molecule has 2 aromatic carbocycles. The number of para-hydroxylation sites is 1. The van der Waals surface area contributed by atoms with Crippen molar-refractivity contribution < 1.29 is 17.6 Å². The number of hydrogen-bond donors (Lipinski definition) is 1. The smallest absolute Gasteiger partial charge is 0.248 e. The van der Waals surface area contributed by atoms with Crippen molar-refractivity contribution >= 4 is 27.3 Å². The molecule has 0 radical (unpaired) electrons. The van der Waals surface area contributed by atoms with Crippen LogP contribution in [0.1, 0.15) is 18.9 Å². The van der Waals surface area contributed by atoms with Gasteiger partial charge in [0.2, 0.25) is 15.9 Å². The Hall–Kier alpha value is -2.41. The minimum atomic E-state index is -3.74. The number of halogens is 1. The van der Waals surface area contributed by atoms with E-state index in [-0.39, 0.29) is 12.1 Å². The number of anilines is 2. The van der Waals surface area contributed by atoms with Crippen LogP contribution in [0.3, 0.4) is 0 Å². The Labute approximate surface area is 147 Å². The standard InChI is InChI=1S/C18H21FN2O3S/c1-4-17(18(22)20-16-8-6-5-7-13(16)2)21(25(3,23)24)15-11-9-14(19)10-12-15/h5-12,17H,4H2,1-3H3,(H,20,22)/t17-/m0/s1. The molecule has 0 fully saturated rings. The van der Waals surface area contributed by atoms with Crippen LogP contribution in [0, 0.1) is 12.7 Å². The van der Waals surface area contributed by atoms with E-state index in [0.717, 1.165) is 16.1 Å². The van der Waals surface area contributed by atoms with E-state index in [1.54, 1.807) is 19.1 Å². The monoisotopic (exact) mass is 364 g/mol. The third kappa shape index (κ3) is 4.57. The van der Waals surface area contributed by atoms with E-state index in [0.29, 0.717) is 5.69 Å². The van der Waals surface area contributed by atoms with Crippen LogP contribution in [0.5, 0.6) is 0 Å². The number of nitrogens with one attached hydrogen (secondary N) is 1. The van der Waals surface area contributed by atoms with Crippen LogP contribution in [0.4, 0.5) is 15.8 Å². The van der Waals surface area contributed by atoms with Gasteiger partial charge in [-0.25, -0.2) is 12.8 Å². The average molecular weight is 364 g/mol. The number of carbonyl (C=O) groups excluding carboxylic acids is 1. The maximum absolute atomic E-state index is 13.2. The molecule has 25 heavy (non-hydrogen) atoms. The van der Waals surface area contributed by atoms with Gasteiger partial charge in [-0.15, -0.1) is 0 Å². The summed E-state index contributed by atoms with van der Waals surface area (Å²) in [7, 11) is -3.74. The van der Waals surface area contributed by atoms with Crippen LogP contribution in [-0.2, 0) is 14.8 Å². The van der Waals surface area contributed by atoms with E-state index in [1.807, 2.05) is 19.1 Å². The molecule has 5 nitrogen and oxygen atoms in total. The highest BCUT2D eigenvalue weighted by molar-refractivity contribution is 7.92. The van der Waals surface area contributed by atoms with Gasteiger partial charge in [0, 0.05) is 5.69 Å². The summed E-state index contributed by atoms with van der Waals surface area (Å²) in [4.78, 5) is 12.7. The van der Waals surface area contributed by atoms with Gasteiger partial charge in [-0.3, -0.25) is 9.10 Å². The Balaban J connectivity index is 2.38. The van der Waals surface area contributed by atoms with E-state index < -0.39 is 27.8 Å². The van der Waals surface area contributed by atoms with Crippen molar-refractivity contribution in [1.82, 2.24) is 0 Å². The van der Waals surface area contributed by atoms with Crippen molar-refractivity contribution in [3.8, 4) is 0 Å². The molecule has 0 bridgehead atoms. The topological polar surface area (TPSA) is 66.5 Å². The number of benzene rings is 2. The summed E-state index contributed by atoms with van der Waals surface area (Å²) in [5, 5.41) is 2.78. The predicted octanol–water partition coefficient (Wildman–Crippen LogP) is 3.32. The zero-order valence-electron chi connectivity index (χ0n) is 14.4. The average Bonchev–Trinajstić information content (AvgIpc) is 2.54. The van der Waals surface area contributed by atoms with Crippen molar-refractivity contribution in [2.45, 2.75) is 26.3 Å². The third-order valence-corrected chi connectivity index (χ3v) is 4.99. The summed E-state index contributed by atoms with van der Waals surface area (Å²) in [5.74, 6) is -0.916. The number of rotatable bonds is 6. The molecule has 0 aliphatic rings. The molecule has 2 rings (SSSR count). The maximum Gasteiger partial charge on any atom is 0.248 e. The van der Waals surface area contributed by atoms with Gasteiger partial charge < -0.3 is 5.32 Å². The number of aryl methyl sites for hydroxylation is 1. The van der Waals surface area contributed by atoms with Gasteiger partial charge in [-0.1, -0.05) is 25.1 Å². The summed E-state index contributed by atoms with van der Waals surface area (Å²) in [6, 6.07) is 11.3. The first-order chi connectivity index (χ1) is 11.7. The number of hydrogen-bond acceptors (Lipinski definition) is 3. The van der Waals surface area contributed by atoms with Gasteiger partial charge in [0.05, 0.1) is 11.9 Å². The molecule has 1 atom stereocenters. The second-order valence-corrected chi connectivity index (χ2v) is 7.62. The zero-order chi connectivity index (χ0) is 18.6. The van der Waals surface area contributed by atoms with Crippen molar-refractivity contribution in [2.24, 2.45) is 0 Å². The summed E-state index contributed by atoms with van der Waals surface area (Å²) in [5.41, 5.74) is 1.74. The molecule has 7 heteroatoms. The minimum Gasteiger partial charge on any atom is -0.324 e. The van der Waals surface area contributed by atoms with Crippen molar-refractivity contribution in [2.75, 3.05) is 15.9 Å². The summed E-state index contributed by atoms with van der Waals surface area (Å²) < 4.78 is 38.8. The lowest BCUT2D eigenvalue weighted by atomic mass is 10.1. The molecule has 2 aromatic rings. The molecule has 134 valence electrons. The Morgan fingerprint density at radius 1 is 1.16 bits per heavy atom. The molecule has 1 amide bonds. The van der Waals surface area contributed by atoms with Gasteiger partial charge in [0.25, 0.3) is 0 Å². The summed E-state index contributed by atoms with van der Waals surface area (Å²) >= 11 is 0. The fourth-order valence-electron chi connectivity index (χ4n) is 2.58. The molecule has 0 aliphatic carbocycles. The quantitative estimate of drug-likeness (QED) is 0.855. The summed E-state index contributed by atoms with van der Waals surface area (Å²) in [6.45, 7) is 3.58. The van der Waals surface area contributed by atoms with Gasteiger partial charge in [-0.2, -0.15) is 0 Å². The van der Waals surface area contributed by atoms with E-state index in [1.165, 1.54) is 24.3 Å². The zero-order valence-corrected chi connectivity index (χ0v) is 15.2. The van der Waals surface area contributed by atoms with Crippen LogP contribution in [0.2, 0.25) is 0 Å². The first kappa shape index (κ1) is 18.9. The lowest BCUT2D eigenvalue weighted by Crippen LogP contribution is -2.47. The number of carbonyl (C=O) groups is 1. The highest BCUT2D eigenvalue weighted by Crippen LogP contribution is 2.24. The Morgan fingerprint density at radius 2 is 1.76 bits per heavy atom. The number of sulfonamides is 1. The Bertz CT molecular complexity index is 851. The molecule has 0 heterocycles. The number of amides is 1. The fraction of sp³-hybridized carbons (Fsp3) is 0.278.